The van der Waals surface area contributed by atoms with Gasteiger partial charge in [-0.3, -0.25) is 9.59 Å². The maximum Gasteiger partial charge on any atom is 0.463 e. The van der Waals surface area contributed by atoms with Gasteiger partial charge in [-0.25, -0.2) is 0 Å². The fourth-order valence-electron chi connectivity index (χ4n) is 1.77. The Morgan fingerprint density at radius 3 is 2.00 bits per heavy atom. The molecule has 1 heterocycles. The number of aliphatic carboxylic acids is 1. The van der Waals surface area contributed by atoms with Crippen molar-refractivity contribution in [3.63, 3.8) is 0 Å². The predicted molar refractivity (Wildman–Crippen MR) is 47.9 cm³/mol. The highest BCUT2D eigenvalue weighted by Gasteiger charge is 2.65. The summed E-state index contributed by atoms with van der Waals surface area (Å²) >= 11 is 0. The summed E-state index contributed by atoms with van der Waals surface area (Å²) < 4.78 is 61.5. The fourth-order valence-corrected chi connectivity index (χ4v) is 1.77. The minimum atomic E-state index is -5.98. The lowest BCUT2D eigenvalue weighted by Crippen LogP contribution is -2.51. The number of likely N-dealkylation sites (tertiary alicyclic amines) is 1. The van der Waals surface area contributed by atoms with E-state index in [9.17, 15) is 31.5 Å². The van der Waals surface area contributed by atoms with Crippen molar-refractivity contribution in [1.82, 2.24) is 4.90 Å². The number of carboxylic acids is 1. The Bertz CT molecular complexity index is 368. The number of hydrogen-bond donors (Lipinski definition) is 1. The fraction of sp³-hybridized carbons (Fsp3) is 0.778. The lowest BCUT2D eigenvalue weighted by Gasteiger charge is -2.24. The number of rotatable bonds is 2. The number of alkyl halides is 5. The Morgan fingerprint density at radius 1 is 1.17 bits per heavy atom. The molecule has 104 valence electrons. The highest BCUT2D eigenvalue weighted by molar-refractivity contribution is 5.85. The zero-order valence-corrected chi connectivity index (χ0v) is 9.17. The van der Waals surface area contributed by atoms with Crippen LogP contribution in [-0.4, -0.2) is 47.1 Å². The van der Waals surface area contributed by atoms with Crippen molar-refractivity contribution in [3.05, 3.63) is 0 Å². The first-order valence-corrected chi connectivity index (χ1v) is 4.95. The normalized spacial score (nSPS) is 25.3. The number of carbonyl (C=O) groups excluding carboxylic acids is 1. The summed E-state index contributed by atoms with van der Waals surface area (Å²) in [5.41, 5.74) is 0. The van der Waals surface area contributed by atoms with E-state index in [1.165, 1.54) is 6.92 Å². The van der Waals surface area contributed by atoms with E-state index in [4.69, 9.17) is 5.11 Å². The van der Waals surface area contributed by atoms with Crippen LogP contribution >= 0.6 is 0 Å². The number of amides is 1. The van der Waals surface area contributed by atoms with Gasteiger partial charge in [0.05, 0.1) is 5.92 Å². The van der Waals surface area contributed by atoms with Crippen LogP contribution in [0.3, 0.4) is 0 Å². The molecule has 0 spiro atoms. The van der Waals surface area contributed by atoms with Crippen molar-refractivity contribution >= 4 is 11.9 Å². The zero-order valence-electron chi connectivity index (χ0n) is 9.17. The monoisotopic (exact) mass is 275 g/mol. The van der Waals surface area contributed by atoms with Gasteiger partial charge >= 0.3 is 24.0 Å². The molecule has 9 heteroatoms. The first-order chi connectivity index (χ1) is 7.98. The number of nitrogens with zero attached hydrogens (tertiary/aromatic N) is 1. The molecule has 0 bridgehead atoms. The highest BCUT2D eigenvalue weighted by Crippen LogP contribution is 2.38. The largest absolute Gasteiger partial charge is 0.481 e. The second-order valence-electron chi connectivity index (χ2n) is 4.20. The Hall–Kier alpha value is -1.41. The van der Waals surface area contributed by atoms with E-state index in [1.807, 2.05) is 0 Å². The summed E-state index contributed by atoms with van der Waals surface area (Å²) in [5.74, 6) is -11.0. The molecular formula is C9H10F5NO3. The van der Waals surface area contributed by atoms with Crippen molar-refractivity contribution in [2.45, 2.75) is 19.0 Å². The summed E-state index contributed by atoms with van der Waals surface area (Å²) in [6.45, 7) is 0.306. The van der Waals surface area contributed by atoms with E-state index in [1.54, 1.807) is 0 Å². The molecule has 1 amide bonds. The highest BCUT2D eigenvalue weighted by atomic mass is 19.4. The van der Waals surface area contributed by atoms with Gasteiger partial charge in [0.15, 0.2) is 0 Å². The van der Waals surface area contributed by atoms with Gasteiger partial charge in [-0.15, -0.1) is 0 Å². The second kappa shape index (κ2) is 4.36. The lowest BCUT2D eigenvalue weighted by atomic mass is 9.99. The van der Waals surface area contributed by atoms with Crippen LogP contribution in [-0.2, 0) is 9.59 Å². The van der Waals surface area contributed by atoms with Crippen molar-refractivity contribution in [2.75, 3.05) is 13.1 Å². The maximum absolute atomic E-state index is 12.8. The van der Waals surface area contributed by atoms with Crippen molar-refractivity contribution in [2.24, 2.45) is 11.8 Å². The topological polar surface area (TPSA) is 57.6 Å². The van der Waals surface area contributed by atoms with E-state index in [0.717, 1.165) is 0 Å². The SMILES string of the molecule is CC1CN(C(=O)C(F)(F)C(F)(F)F)CC1C(=O)O. The molecule has 4 nitrogen and oxygen atoms in total. The summed E-state index contributed by atoms with van der Waals surface area (Å²) in [4.78, 5) is 22.0. The van der Waals surface area contributed by atoms with Gasteiger partial charge in [0.2, 0.25) is 0 Å². The molecule has 1 aliphatic heterocycles. The molecule has 1 saturated heterocycles. The molecule has 1 N–H and O–H groups in total. The summed E-state index contributed by atoms with van der Waals surface area (Å²) in [7, 11) is 0. The first-order valence-electron chi connectivity index (χ1n) is 4.95. The van der Waals surface area contributed by atoms with Crippen LogP contribution in [0.25, 0.3) is 0 Å². The molecule has 18 heavy (non-hydrogen) atoms. The van der Waals surface area contributed by atoms with Crippen molar-refractivity contribution in [3.8, 4) is 0 Å². The van der Waals surface area contributed by atoms with Gasteiger partial charge in [0.1, 0.15) is 0 Å². The molecule has 1 rings (SSSR count). The van der Waals surface area contributed by atoms with E-state index in [-0.39, 0.29) is 4.90 Å². The van der Waals surface area contributed by atoms with E-state index in [0.29, 0.717) is 0 Å². The van der Waals surface area contributed by atoms with E-state index in [2.05, 4.69) is 0 Å². The molecule has 0 radical (unpaired) electrons. The van der Waals surface area contributed by atoms with Crippen LogP contribution in [0.15, 0.2) is 0 Å². The number of hydrogen-bond acceptors (Lipinski definition) is 2. The van der Waals surface area contributed by atoms with Gasteiger partial charge in [-0.05, 0) is 5.92 Å². The summed E-state index contributed by atoms with van der Waals surface area (Å²) in [6.07, 6.45) is -5.98. The van der Waals surface area contributed by atoms with E-state index >= 15 is 0 Å². The second-order valence-corrected chi connectivity index (χ2v) is 4.20. The maximum atomic E-state index is 12.8. The number of halogens is 5. The molecule has 2 atom stereocenters. The quantitative estimate of drug-likeness (QED) is 0.774. The van der Waals surface area contributed by atoms with Gasteiger partial charge in [-0.1, -0.05) is 6.92 Å². The molecule has 0 aliphatic carbocycles. The number of carbonyl (C=O) groups is 2. The summed E-state index contributed by atoms with van der Waals surface area (Å²) in [5, 5.41) is 8.70. The zero-order chi connectivity index (χ0) is 14.3. The third kappa shape index (κ3) is 2.39. The third-order valence-corrected chi connectivity index (χ3v) is 2.84. The Balaban J connectivity index is 2.86. The average molecular weight is 275 g/mol. The minimum absolute atomic E-state index is 0.247. The Morgan fingerprint density at radius 2 is 1.67 bits per heavy atom. The number of carboxylic acid groups (broad SMARTS) is 1. The van der Waals surface area contributed by atoms with Gasteiger partial charge < -0.3 is 10.0 Å². The molecular weight excluding hydrogens is 265 g/mol. The lowest BCUT2D eigenvalue weighted by molar-refractivity contribution is -0.274. The van der Waals surface area contributed by atoms with Gasteiger partial charge in [0, 0.05) is 13.1 Å². The van der Waals surface area contributed by atoms with Crippen LogP contribution in [0.1, 0.15) is 6.92 Å². The van der Waals surface area contributed by atoms with Gasteiger partial charge in [-0.2, -0.15) is 22.0 Å². The first kappa shape index (κ1) is 14.7. The molecule has 2 unspecified atom stereocenters. The standard InChI is InChI=1S/C9H10F5NO3/c1-4-2-15(3-5(4)6(16)17)7(18)8(10,11)9(12,13)14/h4-5H,2-3H2,1H3,(H,16,17). The molecule has 0 aromatic rings. The molecule has 1 aliphatic rings. The molecule has 0 aromatic heterocycles. The molecule has 0 aromatic carbocycles. The minimum Gasteiger partial charge on any atom is -0.481 e. The van der Waals surface area contributed by atoms with Crippen LogP contribution in [0.5, 0.6) is 0 Å². The average Bonchev–Trinajstić information content (AvgIpc) is 2.57. The van der Waals surface area contributed by atoms with Crippen molar-refractivity contribution < 1.29 is 36.6 Å². The van der Waals surface area contributed by atoms with Crippen LogP contribution in [0.4, 0.5) is 22.0 Å². The molecule has 1 fully saturated rings. The van der Waals surface area contributed by atoms with Crippen LogP contribution < -0.4 is 0 Å². The van der Waals surface area contributed by atoms with Crippen LogP contribution in [0, 0.1) is 11.8 Å². The smallest absolute Gasteiger partial charge is 0.463 e. The Labute approximate surface area is 98.4 Å². The van der Waals surface area contributed by atoms with Gasteiger partial charge in [0.25, 0.3) is 0 Å². The Kier molecular flexibility index (Phi) is 3.55. The van der Waals surface area contributed by atoms with Crippen molar-refractivity contribution in [1.29, 1.82) is 0 Å². The third-order valence-electron chi connectivity index (χ3n) is 2.84. The van der Waals surface area contributed by atoms with Crippen LogP contribution in [0.2, 0.25) is 0 Å². The predicted octanol–water partition coefficient (Wildman–Crippen LogP) is 1.36. The molecule has 0 saturated carbocycles. The van der Waals surface area contributed by atoms with E-state index < -0.39 is 48.9 Å². The summed E-state index contributed by atoms with van der Waals surface area (Å²) in [6, 6.07) is 0.